The molecule has 1 aliphatic rings. The Balaban J connectivity index is 0.000000396. The van der Waals surface area contributed by atoms with Gasteiger partial charge in [0.25, 0.3) is 0 Å². The molecule has 0 amide bonds. The maximum absolute atomic E-state index is 5.23. The maximum atomic E-state index is 5.23. The Bertz CT molecular complexity index is 279. The van der Waals surface area contributed by atoms with E-state index in [0.29, 0.717) is 6.10 Å². The third-order valence-electron chi connectivity index (χ3n) is 2.11. The predicted molar refractivity (Wildman–Crippen MR) is 54.7 cm³/mol. The summed E-state index contributed by atoms with van der Waals surface area (Å²) in [6.07, 6.45) is 0.398. The molecule has 2 N–H and O–H groups in total. The molecule has 2 nitrogen and oxygen atoms in total. The Hall–Kier alpha value is -0.860. The van der Waals surface area contributed by atoms with E-state index >= 15 is 0 Å². The molecule has 13 heavy (non-hydrogen) atoms. The Morgan fingerprint density at radius 3 is 2.46 bits per heavy atom. The summed E-state index contributed by atoms with van der Waals surface area (Å²) in [6, 6.07) is 6.51. The molecular formula is C11H17NO. The summed E-state index contributed by atoms with van der Waals surface area (Å²) in [6.45, 7) is 5.16. The molecule has 2 rings (SSSR count). The molecule has 0 aliphatic carbocycles. The van der Waals surface area contributed by atoms with E-state index in [2.05, 4.69) is 37.8 Å². The van der Waals surface area contributed by atoms with Crippen LogP contribution in [-0.4, -0.2) is 13.7 Å². The van der Waals surface area contributed by atoms with Gasteiger partial charge in [-0.15, -0.1) is 0 Å². The number of rotatable bonds is 1. The van der Waals surface area contributed by atoms with Crippen molar-refractivity contribution in [3.05, 3.63) is 34.9 Å². The van der Waals surface area contributed by atoms with Crippen molar-refractivity contribution in [2.45, 2.75) is 20.0 Å². The number of epoxide rings is 1. The van der Waals surface area contributed by atoms with E-state index in [4.69, 9.17) is 4.74 Å². The van der Waals surface area contributed by atoms with Crippen molar-refractivity contribution in [3.63, 3.8) is 0 Å². The quantitative estimate of drug-likeness (QED) is 0.669. The van der Waals surface area contributed by atoms with E-state index in [1.165, 1.54) is 23.7 Å². The van der Waals surface area contributed by atoms with Gasteiger partial charge in [0.15, 0.2) is 0 Å². The number of nitrogens with two attached hydrogens (primary N) is 1. The van der Waals surface area contributed by atoms with Crippen molar-refractivity contribution in [3.8, 4) is 0 Å². The summed E-state index contributed by atoms with van der Waals surface area (Å²) in [5.74, 6) is 0. The minimum absolute atomic E-state index is 0.398. The minimum atomic E-state index is 0.398. The van der Waals surface area contributed by atoms with E-state index in [1.807, 2.05) is 0 Å². The van der Waals surface area contributed by atoms with Crippen molar-refractivity contribution >= 4 is 0 Å². The van der Waals surface area contributed by atoms with Gasteiger partial charge in [0, 0.05) is 0 Å². The number of benzene rings is 1. The Kier molecular flexibility index (Phi) is 3.46. The standard InChI is InChI=1S/C10H12O.CH5N/c1-7-3-4-8(2)9(5-7)10-6-11-10;1-2/h3-5,10H,6H2,1-2H3;2H2,1H3. The van der Waals surface area contributed by atoms with Gasteiger partial charge >= 0.3 is 0 Å². The van der Waals surface area contributed by atoms with Crippen molar-refractivity contribution < 1.29 is 4.74 Å². The zero-order chi connectivity index (χ0) is 9.84. The lowest BCUT2D eigenvalue weighted by Gasteiger charge is -2.02. The lowest BCUT2D eigenvalue weighted by atomic mass is 10.0. The zero-order valence-corrected chi connectivity index (χ0v) is 8.50. The molecule has 1 atom stereocenters. The number of ether oxygens (including phenoxy) is 1. The van der Waals surface area contributed by atoms with Crippen LogP contribution in [0.15, 0.2) is 18.2 Å². The van der Waals surface area contributed by atoms with Gasteiger partial charge in [-0.2, -0.15) is 0 Å². The molecule has 0 bridgehead atoms. The van der Waals surface area contributed by atoms with E-state index in [1.54, 1.807) is 0 Å². The van der Waals surface area contributed by atoms with Gasteiger partial charge in [-0.05, 0) is 32.0 Å². The maximum Gasteiger partial charge on any atom is 0.106 e. The van der Waals surface area contributed by atoms with Gasteiger partial charge in [-0.25, -0.2) is 0 Å². The van der Waals surface area contributed by atoms with Crippen LogP contribution in [0.2, 0.25) is 0 Å². The number of hydrogen-bond acceptors (Lipinski definition) is 2. The summed E-state index contributed by atoms with van der Waals surface area (Å²) < 4.78 is 5.23. The molecular weight excluding hydrogens is 162 g/mol. The van der Waals surface area contributed by atoms with Crippen LogP contribution in [-0.2, 0) is 4.74 Å². The molecule has 1 saturated heterocycles. The molecule has 1 unspecified atom stereocenters. The van der Waals surface area contributed by atoms with E-state index in [-0.39, 0.29) is 0 Å². The lowest BCUT2D eigenvalue weighted by molar-refractivity contribution is 0.415. The van der Waals surface area contributed by atoms with Crippen molar-refractivity contribution in [1.29, 1.82) is 0 Å². The topological polar surface area (TPSA) is 38.5 Å². The van der Waals surface area contributed by atoms with Crippen molar-refractivity contribution in [1.82, 2.24) is 0 Å². The van der Waals surface area contributed by atoms with Gasteiger partial charge in [-0.1, -0.05) is 23.8 Å². The van der Waals surface area contributed by atoms with Crippen LogP contribution in [0.3, 0.4) is 0 Å². The summed E-state index contributed by atoms with van der Waals surface area (Å²) in [5, 5.41) is 0. The zero-order valence-electron chi connectivity index (χ0n) is 8.50. The predicted octanol–water partition coefficient (Wildman–Crippen LogP) is 1.95. The largest absolute Gasteiger partial charge is 0.368 e. The van der Waals surface area contributed by atoms with Crippen LogP contribution >= 0.6 is 0 Å². The Morgan fingerprint density at radius 2 is 1.92 bits per heavy atom. The molecule has 1 fully saturated rings. The van der Waals surface area contributed by atoms with Crippen molar-refractivity contribution in [2.75, 3.05) is 13.7 Å². The first-order chi connectivity index (χ1) is 6.27. The van der Waals surface area contributed by atoms with Crippen LogP contribution in [0.1, 0.15) is 22.8 Å². The summed E-state index contributed by atoms with van der Waals surface area (Å²) in [4.78, 5) is 0. The molecule has 1 aromatic carbocycles. The fraction of sp³-hybridized carbons (Fsp3) is 0.455. The molecule has 0 spiro atoms. The fourth-order valence-corrected chi connectivity index (χ4v) is 1.33. The highest BCUT2D eigenvalue weighted by atomic mass is 16.6. The highest BCUT2D eigenvalue weighted by Gasteiger charge is 2.25. The fourth-order valence-electron chi connectivity index (χ4n) is 1.33. The SMILES string of the molecule is CN.Cc1ccc(C)c(C2CO2)c1. The smallest absolute Gasteiger partial charge is 0.106 e. The molecule has 72 valence electrons. The van der Waals surface area contributed by atoms with Gasteiger partial charge < -0.3 is 10.5 Å². The molecule has 0 saturated carbocycles. The van der Waals surface area contributed by atoms with E-state index < -0.39 is 0 Å². The second-order valence-corrected chi connectivity index (χ2v) is 3.18. The Labute approximate surface area is 79.7 Å². The van der Waals surface area contributed by atoms with Crippen LogP contribution in [0.4, 0.5) is 0 Å². The molecule has 0 aromatic heterocycles. The molecule has 1 heterocycles. The minimum Gasteiger partial charge on any atom is -0.368 e. The van der Waals surface area contributed by atoms with Crippen LogP contribution in [0.5, 0.6) is 0 Å². The van der Waals surface area contributed by atoms with Crippen LogP contribution in [0.25, 0.3) is 0 Å². The van der Waals surface area contributed by atoms with Gasteiger partial charge in [0.1, 0.15) is 6.10 Å². The summed E-state index contributed by atoms with van der Waals surface area (Å²) in [7, 11) is 1.50. The van der Waals surface area contributed by atoms with Crippen molar-refractivity contribution in [2.24, 2.45) is 5.73 Å². The first-order valence-corrected chi connectivity index (χ1v) is 4.54. The first-order valence-electron chi connectivity index (χ1n) is 4.54. The molecule has 0 radical (unpaired) electrons. The molecule has 2 heteroatoms. The average Bonchev–Trinajstić information content (AvgIpc) is 2.96. The van der Waals surface area contributed by atoms with Crippen LogP contribution in [0, 0.1) is 13.8 Å². The monoisotopic (exact) mass is 179 g/mol. The third-order valence-corrected chi connectivity index (χ3v) is 2.11. The lowest BCUT2D eigenvalue weighted by Crippen LogP contribution is -1.87. The highest BCUT2D eigenvalue weighted by molar-refractivity contribution is 5.33. The average molecular weight is 179 g/mol. The number of hydrogen-bond donors (Lipinski definition) is 1. The highest BCUT2D eigenvalue weighted by Crippen LogP contribution is 2.32. The second kappa shape index (κ2) is 4.40. The number of aryl methyl sites for hydroxylation is 2. The normalized spacial score (nSPS) is 18.9. The van der Waals surface area contributed by atoms with Gasteiger partial charge in [-0.3, -0.25) is 0 Å². The van der Waals surface area contributed by atoms with Crippen LogP contribution < -0.4 is 5.73 Å². The second-order valence-electron chi connectivity index (χ2n) is 3.18. The Morgan fingerprint density at radius 1 is 1.31 bits per heavy atom. The van der Waals surface area contributed by atoms with Gasteiger partial charge in [0.05, 0.1) is 6.61 Å². The molecule has 1 aliphatic heterocycles. The van der Waals surface area contributed by atoms with E-state index in [0.717, 1.165) is 6.61 Å². The summed E-state index contributed by atoms with van der Waals surface area (Å²) in [5.41, 5.74) is 8.53. The van der Waals surface area contributed by atoms with Gasteiger partial charge in [0.2, 0.25) is 0 Å². The molecule has 1 aromatic rings. The van der Waals surface area contributed by atoms with E-state index in [9.17, 15) is 0 Å². The summed E-state index contributed by atoms with van der Waals surface area (Å²) >= 11 is 0. The third kappa shape index (κ3) is 2.54. The first kappa shape index (κ1) is 10.2.